The second-order valence-electron chi connectivity index (χ2n) is 5.15. The van der Waals surface area contributed by atoms with Crippen LogP contribution in [-0.2, 0) is 19.1 Å². The number of hydrogen-bond donors (Lipinski definition) is 0. The van der Waals surface area contributed by atoms with Crippen LogP contribution in [0.5, 0.6) is 0 Å². The molecule has 0 heterocycles. The van der Waals surface area contributed by atoms with E-state index in [1.165, 1.54) is 6.42 Å². The largest absolute Gasteiger partial charge is 0.466 e. The molecule has 0 radical (unpaired) electrons. The molecule has 0 aliphatic carbocycles. The molecule has 0 fully saturated rings. The van der Waals surface area contributed by atoms with Gasteiger partial charge in [-0.25, -0.2) is 0 Å². The number of carbonyl (C=O) groups is 2. The van der Waals surface area contributed by atoms with Gasteiger partial charge >= 0.3 is 11.9 Å². The topological polar surface area (TPSA) is 52.6 Å². The second-order valence-corrected chi connectivity index (χ2v) is 5.15. The molecule has 0 aromatic rings. The zero-order valence-corrected chi connectivity index (χ0v) is 13.3. The Morgan fingerprint density at radius 2 is 1.45 bits per heavy atom. The van der Waals surface area contributed by atoms with Crippen LogP contribution in [0.2, 0.25) is 0 Å². The molecule has 0 saturated heterocycles. The van der Waals surface area contributed by atoms with Gasteiger partial charge in [-0.1, -0.05) is 52.9 Å². The molecule has 0 bridgehead atoms. The minimum absolute atomic E-state index is 0.119. The van der Waals surface area contributed by atoms with Crippen molar-refractivity contribution in [2.45, 2.75) is 72.1 Å². The van der Waals surface area contributed by atoms with Crippen molar-refractivity contribution in [3.05, 3.63) is 0 Å². The molecule has 0 spiro atoms. The van der Waals surface area contributed by atoms with Gasteiger partial charge in [0, 0.05) is 0 Å². The van der Waals surface area contributed by atoms with Crippen LogP contribution in [0.25, 0.3) is 0 Å². The fourth-order valence-electron chi connectivity index (χ4n) is 1.80. The molecule has 0 aromatic carbocycles. The van der Waals surface area contributed by atoms with Gasteiger partial charge in [0.25, 0.3) is 0 Å². The summed E-state index contributed by atoms with van der Waals surface area (Å²) in [5, 5.41) is 0. The van der Waals surface area contributed by atoms with Crippen LogP contribution >= 0.6 is 0 Å². The Morgan fingerprint density at radius 3 is 2.00 bits per heavy atom. The highest BCUT2D eigenvalue weighted by molar-refractivity contribution is 5.77. The van der Waals surface area contributed by atoms with Crippen molar-refractivity contribution in [2.75, 3.05) is 13.2 Å². The first-order valence-corrected chi connectivity index (χ1v) is 7.95. The third-order valence-electron chi connectivity index (χ3n) is 3.43. The normalized spacial score (nSPS) is 10.6. The summed E-state index contributed by atoms with van der Waals surface area (Å²) in [6.45, 7) is 7.22. The Hall–Kier alpha value is -1.06. The summed E-state index contributed by atoms with van der Waals surface area (Å²) in [6, 6.07) is 0. The van der Waals surface area contributed by atoms with Gasteiger partial charge < -0.3 is 9.47 Å². The Labute approximate surface area is 123 Å². The number of carbonyl (C=O) groups excluding carboxylic acids is 2. The molecule has 0 amide bonds. The SMILES string of the molecule is CCCCCCOC(=O)CCC(=O)OCC(CC)CC. The van der Waals surface area contributed by atoms with Gasteiger partial charge in [0.1, 0.15) is 0 Å². The summed E-state index contributed by atoms with van der Waals surface area (Å²) in [5.41, 5.74) is 0. The lowest BCUT2D eigenvalue weighted by atomic mass is 10.1. The quantitative estimate of drug-likeness (QED) is 0.404. The van der Waals surface area contributed by atoms with Crippen molar-refractivity contribution in [2.24, 2.45) is 5.92 Å². The van der Waals surface area contributed by atoms with Crippen molar-refractivity contribution in [1.82, 2.24) is 0 Å². The first kappa shape index (κ1) is 18.9. The predicted octanol–water partition coefficient (Wildman–Crippen LogP) is 3.87. The highest BCUT2D eigenvalue weighted by Gasteiger charge is 2.11. The number of esters is 2. The first-order valence-electron chi connectivity index (χ1n) is 7.95. The van der Waals surface area contributed by atoms with E-state index in [-0.39, 0.29) is 24.8 Å². The van der Waals surface area contributed by atoms with Crippen LogP contribution in [-0.4, -0.2) is 25.2 Å². The van der Waals surface area contributed by atoms with E-state index in [0.717, 1.165) is 32.1 Å². The van der Waals surface area contributed by atoms with Crippen LogP contribution in [0.15, 0.2) is 0 Å². The van der Waals surface area contributed by atoms with Gasteiger partial charge in [0.05, 0.1) is 26.1 Å². The summed E-state index contributed by atoms with van der Waals surface area (Å²) in [4.78, 5) is 22.9. The molecule has 4 heteroatoms. The maximum absolute atomic E-state index is 11.5. The van der Waals surface area contributed by atoms with Crippen molar-refractivity contribution in [1.29, 1.82) is 0 Å². The average molecular weight is 286 g/mol. The molecule has 4 nitrogen and oxygen atoms in total. The second kappa shape index (κ2) is 12.9. The van der Waals surface area contributed by atoms with Crippen molar-refractivity contribution >= 4 is 11.9 Å². The molecule has 0 aromatic heterocycles. The van der Waals surface area contributed by atoms with E-state index in [2.05, 4.69) is 20.8 Å². The third-order valence-corrected chi connectivity index (χ3v) is 3.43. The number of hydrogen-bond acceptors (Lipinski definition) is 4. The molecule has 0 unspecified atom stereocenters. The van der Waals surface area contributed by atoms with Crippen LogP contribution in [0.4, 0.5) is 0 Å². The fourth-order valence-corrected chi connectivity index (χ4v) is 1.80. The van der Waals surface area contributed by atoms with E-state index in [1.54, 1.807) is 0 Å². The number of rotatable bonds is 12. The molecule has 0 atom stereocenters. The summed E-state index contributed by atoms with van der Waals surface area (Å²) in [6.07, 6.45) is 6.56. The van der Waals surface area contributed by atoms with Crippen LogP contribution in [0.3, 0.4) is 0 Å². The maximum Gasteiger partial charge on any atom is 0.306 e. The van der Waals surface area contributed by atoms with E-state index in [0.29, 0.717) is 19.1 Å². The van der Waals surface area contributed by atoms with Gasteiger partial charge in [-0.3, -0.25) is 9.59 Å². The Kier molecular flexibility index (Phi) is 12.3. The first-order chi connectivity index (χ1) is 9.63. The lowest BCUT2D eigenvalue weighted by Crippen LogP contribution is -2.15. The molecule has 0 aliphatic rings. The van der Waals surface area contributed by atoms with Crippen LogP contribution in [0.1, 0.15) is 72.1 Å². The zero-order chi connectivity index (χ0) is 15.2. The Morgan fingerprint density at radius 1 is 0.850 bits per heavy atom. The van der Waals surface area contributed by atoms with E-state index < -0.39 is 0 Å². The summed E-state index contributed by atoms with van der Waals surface area (Å²) in [7, 11) is 0. The summed E-state index contributed by atoms with van der Waals surface area (Å²) < 4.78 is 10.2. The standard InChI is InChI=1S/C16H30O4/c1-4-7-8-9-12-19-15(17)10-11-16(18)20-13-14(5-2)6-3/h14H,4-13H2,1-3H3. The van der Waals surface area contributed by atoms with Gasteiger partial charge in [-0.2, -0.15) is 0 Å². The number of unbranched alkanes of at least 4 members (excludes halogenated alkanes) is 3. The van der Waals surface area contributed by atoms with E-state index in [1.807, 2.05) is 0 Å². The molecule has 0 rings (SSSR count). The molecule has 118 valence electrons. The lowest BCUT2D eigenvalue weighted by Gasteiger charge is -2.12. The van der Waals surface area contributed by atoms with Gasteiger partial charge in [-0.15, -0.1) is 0 Å². The summed E-state index contributed by atoms with van der Waals surface area (Å²) in [5.74, 6) is -0.190. The minimum Gasteiger partial charge on any atom is -0.466 e. The molecule has 20 heavy (non-hydrogen) atoms. The van der Waals surface area contributed by atoms with Gasteiger partial charge in [0.2, 0.25) is 0 Å². The van der Waals surface area contributed by atoms with Crippen molar-refractivity contribution < 1.29 is 19.1 Å². The smallest absolute Gasteiger partial charge is 0.306 e. The molecular formula is C16H30O4. The molecule has 0 saturated carbocycles. The Balaban J connectivity index is 3.55. The van der Waals surface area contributed by atoms with Crippen LogP contribution < -0.4 is 0 Å². The monoisotopic (exact) mass is 286 g/mol. The van der Waals surface area contributed by atoms with Gasteiger partial charge in [0.15, 0.2) is 0 Å². The molecule has 0 aliphatic heterocycles. The average Bonchev–Trinajstić information content (AvgIpc) is 2.46. The highest BCUT2D eigenvalue weighted by Crippen LogP contribution is 2.08. The van der Waals surface area contributed by atoms with Crippen molar-refractivity contribution in [3.63, 3.8) is 0 Å². The van der Waals surface area contributed by atoms with E-state index in [4.69, 9.17) is 9.47 Å². The Bertz CT molecular complexity index is 259. The lowest BCUT2D eigenvalue weighted by molar-refractivity contribution is -0.151. The molecular weight excluding hydrogens is 256 g/mol. The van der Waals surface area contributed by atoms with E-state index >= 15 is 0 Å². The fraction of sp³-hybridized carbons (Fsp3) is 0.875. The predicted molar refractivity (Wildman–Crippen MR) is 79.4 cm³/mol. The van der Waals surface area contributed by atoms with Gasteiger partial charge in [-0.05, 0) is 12.3 Å². The van der Waals surface area contributed by atoms with E-state index in [9.17, 15) is 9.59 Å². The van der Waals surface area contributed by atoms with Crippen LogP contribution in [0, 0.1) is 5.92 Å². The maximum atomic E-state index is 11.5. The minimum atomic E-state index is -0.306. The molecule has 0 N–H and O–H groups in total. The third kappa shape index (κ3) is 10.8. The zero-order valence-electron chi connectivity index (χ0n) is 13.3. The highest BCUT2D eigenvalue weighted by atomic mass is 16.5. The number of ether oxygens (including phenoxy) is 2. The van der Waals surface area contributed by atoms with Crippen molar-refractivity contribution in [3.8, 4) is 0 Å². The summed E-state index contributed by atoms with van der Waals surface area (Å²) >= 11 is 0.